The van der Waals surface area contributed by atoms with Crippen LogP contribution in [0.3, 0.4) is 0 Å². The number of nitrogens with one attached hydrogen (secondary N) is 1. The number of H-pyrrole nitrogens is 1. The predicted molar refractivity (Wildman–Crippen MR) is 84.5 cm³/mol. The number of hydrogen-bond acceptors (Lipinski definition) is 3. The molecule has 0 amide bonds. The van der Waals surface area contributed by atoms with Crippen LogP contribution in [0.5, 0.6) is 0 Å². The summed E-state index contributed by atoms with van der Waals surface area (Å²) in [6, 6.07) is 5.30. The molecule has 0 atom stereocenters. The van der Waals surface area contributed by atoms with E-state index >= 15 is 0 Å². The van der Waals surface area contributed by atoms with Crippen LogP contribution in [-0.2, 0) is 10.0 Å². The number of hydrogen-bond donors (Lipinski definition) is 2. The van der Waals surface area contributed by atoms with E-state index in [0.29, 0.717) is 35.0 Å². The van der Waals surface area contributed by atoms with Gasteiger partial charge >= 0.3 is 0 Å². The van der Waals surface area contributed by atoms with Gasteiger partial charge in [-0.3, -0.25) is 0 Å². The Morgan fingerprint density at radius 1 is 1.33 bits per heavy atom. The number of anilines is 1. The van der Waals surface area contributed by atoms with Crippen molar-refractivity contribution in [2.24, 2.45) is 5.92 Å². The molecule has 5 nitrogen and oxygen atoms in total. The zero-order valence-electron chi connectivity index (χ0n) is 12.2. The largest absolute Gasteiger partial charge is 0.399 e. The zero-order chi connectivity index (χ0) is 15.0. The Hall–Kier alpha value is -1.53. The maximum Gasteiger partial charge on any atom is 0.245 e. The van der Waals surface area contributed by atoms with Crippen LogP contribution < -0.4 is 5.73 Å². The standard InChI is InChI=1S/C15H21N3O2S/c1-2-11-5-7-18(8-6-11)21(19,20)15-10-17-14-4-3-12(16)9-13(14)15/h3-4,9-11,17H,2,5-8,16H2,1H3. The van der Waals surface area contributed by atoms with E-state index in [1.807, 2.05) is 6.07 Å². The van der Waals surface area contributed by atoms with Crippen molar-refractivity contribution in [3.63, 3.8) is 0 Å². The number of nitrogens with zero attached hydrogens (tertiary/aromatic N) is 1. The van der Waals surface area contributed by atoms with Gasteiger partial charge in [0.15, 0.2) is 0 Å². The van der Waals surface area contributed by atoms with Gasteiger partial charge in [-0.05, 0) is 37.0 Å². The second-order valence-electron chi connectivity index (χ2n) is 5.71. The van der Waals surface area contributed by atoms with Crippen LogP contribution in [0.1, 0.15) is 26.2 Å². The molecule has 1 fully saturated rings. The van der Waals surface area contributed by atoms with Gasteiger partial charge in [0.2, 0.25) is 10.0 Å². The summed E-state index contributed by atoms with van der Waals surface area (Å²) in [5.41, 5.74) is 7.16. The molecular weight excluding hydrogens is 286 g/mol. The van der Waals surface area contributed by atoms with Gasteiger partial charge in [-0.1, -0.05) is 13.3 Å². The average Bonchev–Trinajstić information content (AvgIpc) is 2.91. The molecule has 0 radical (unpaired) electrons. The number of benzene rings is 1. The first kappa shape index (κ1) is 14.4. The highest BCUT2D eigenvalue weighted by molar-refractivity contribution is 7.89. The number of aromatic amines is 1. The first-order chi connectivity index (χ1) is 10.0. The second-order valence-corrected chi connectivity index (χ2v) is 7.62. The molecule has 2 aromatic rings. The van der Waals surface area contributed by atoms with Crippen LogP contribution in [0.4, 0.5) is 5.69 Å². The van der Waals surface area contributed by atoms with Crippen LogP contribution >= 0.6 is 0 Å². The molecule has 0 aliphatic carbocycles. The van der Waals surface area contributed by atoms with Crippen molar-refractivity contribution in [1.82, 2.24) is 9.29 Å². The molecule has 1 saturated heterocycles. The van der Waals surface area contributed by atoms with E-state index in [1.165, 1.54) is 0 Å². The molecule has 0 unspecified atom stereocenters. The van der Waals surface area contributed by atoms with Gasteiger partial charge in [0.1, 0.15) is 4.90 Å². The third kappa shape index (κ3) is 2.53. The zero-order valence-corrected chi connectivity index (χ0v) is 13.0. The number of nitrogens with two attached hydrogens (primary N) is 1. The number of aromatic nitrogens is 1. The number of rotatable bonds is 3. The van der Waals surface area contributed by atoms with Crippen LogP contribution in [0.2, 0.25) is 0 Å². The van der Waals surface area contributed by atoms with Gasteiger partial charge in [-0.15, -0.1) is 0 Å². The SMILES string of the molecule is CCC1CCN(S(=O)(=O)c2c[nH]c3ccc(N)cc23)CC1. The molecule has 21 heavy (non-hydrogen) atoms. The Labute approximate surface area is 125 Å². The summed E-state index contributed by atoms with van der Waals surface area (Å²) >= 11 is 0. The highest BCUT2D eigenvalue weighted by Crippen LogP contribution is 2.30. The summed E-state index contributed by atoms with van der Waals surface area (Å²) in [7, 11) is -3.45. The van der Waals surface area contributed by atoms with Crippen LogP contribution in [0.15, 0.2) is 29.3 Å². The fraction of sp³-hybridized carbons (Fsp3) is 0.467. The smallest absolute Gasteiger partial charge is 0.245 e. The van der Waals surface area contributed by atoms with Crippen LogP contribution in [0.25, 0.3) is 10.9 Å². The summed E-state index contributed by atoms with van der Waals surface area (Å²) in [5.74, 6) is 0.648. The minimum Gasteiger partial charge on any atom is -0.399 e. The first-order valence-electron chi connectivity index (χ1n) is 7.39. The molecule has 3 rings (SSSR count). The van der Waals surface area contributed by atoms with Gasteiger partial charge in [0.05, 0.1) is 0 Å². The van der Waals surface area contributed by atoms with Gasteiger partial charge < -0.3 is 10.7 Å². The first-order valence-corrected chi connectivity index (χ1v) is 8.83. The summed E-state index contributed by atoms with van der Waals surface area (Å²) in [6.45, 7) is 3.38. The Bertz CT molecular complexity index is 743. The minimum atomic E-state index is -3.45. The highest BCUT2D eigenvalue weighted by Gasteiger charge is 2.30. The lowest BCUT2D eigenvalue weighted by Gasteiger charge is -2.30. The summed E-state index contributed by atoms with van der Waals surface area (Å²) in [4.78, 5) is 3.35. The molecule has 0 spiro atoms. The van der Waals surface area contributed by atoms with Crippen molar-refractivity contribution in [3.05, 3.63) is 24.4 Å². The number of fused-ring (bicyclic) bond motifs is 1. The van der Waals surface area contributed by atoms with Crippen molar-refractivity contribution in [2.45, 2.75) is 31.1 Å². The fourth-order valence-corrected chi connectivity index (χ4v) is 4.65. The topological polar surface area (TPSA) is 79.2 Å². The molecule has 1 aromatic carbocycles. The Kier molecular flexibility index (Phi) is 3.67. The van der Waals surface area contributed by atoms with Gasteiger partial charge in [-0.2, -0.15) is 4.31 Å². The molecule has 114 valence electrons. The lowest BCUT2D eigenvalue weighted by Crippen LogP contribution is -2.38. The number of piperidine rings is 1. The summed E-state index contributed by atoms with van der Waals surface area (Å²) in [5, 5.41) is 0.674. The van der Waals surface area contributed by atoms with E-state index in [-0.39, 0.29) is 0 Å². The van der Waals surface area contributed by atoms with E-state index < -0.39 is 10.0 Å². The van der Waals surface area contributed by atoms with Crippen molar-refractivity contribution in [3.8, 4) is 0 Å². The van der Waals surface area contributed by atoms with Gasteiger partial charge in [-0.25, -0.2) is 8.42 Å². The van der Waals surface area contributed by atoms with Crippen molar-refractivity contribution < 1.29 is 8.42 Å². The quantitative estimate of drug-likeness (QED) is 0.855. The van der Waals surface area contributed by atoms with Crippen molar-refractivity contribution in [1.29, 1.82) is 0 Å². The molecule has 6 heteroatoms. The van der Waals surface area contributed by atoms with Gasteiger partial charge in [0.25, 0.3) is 0 Å². The molecule has 2 heterocycles. The Morgan fingerprint density at radius 3 is 2.71 bits per heavy atom. The van der Waals surface area contributed by atoms with Crippen molar-refractivity contribution in [2.75, 3.05) is 18.8 Å². The lowest BCUT2D eigenvalue weighted by molar-refractivity contribution is 0.269. The van der Waals surface area contributed by atoms with E-state index in [4.69, 9.17) is 5.73 Å². The summed E-state index contributed by atoms with van der Waals surface area (Å²) in [6.07, 6.45) is 4.59. The van der Waals surface area contributed by atoms with Crippen molar-refractivity contribution >= 4 is 26.6 Å². The molecule has 1 aliphatic rings. The average molecular weight is 307 g/mol. The monoisotopic (exact) mass is 307 g/mol. The van der Waals surface area contributed by atoms with E-state index in [1.54, 1.807) is 22.6 Å². The Morgan fingerprint density at radius 2 is 2.05 bits per heavy atom. The van der Waals surface area contributed by atoms with Gasteiger partial charge in [0, 0.05) is 35.9 Å². The second kappa shape index (κ2) is 5.35. The third-order valence-corrected chi connectivity index (χ3v) is 6.38. The molecule has 1 aliphatic heterocycles. The van der Waals surface area contributed by atoms with E-state index in [2.05, 4.69) is 11.9 Å². The number of sulfonamides is 1. The summed E-state index contributed by atoms with van der Waals surface area (Å²) < 4.78 is 27.3. The van der Waals surface area contributed by atoms with E-state index in [9.17, 15) is 8.42 Å². The number of nitrogen functional groups attached to an aromatic ring is 1. The maximum atomic E-state index is 12.8. The predicted octanol–water partition coefficient (Wildman–Crippen LogP) is 2.56. The third-order valence-electron chi connectivity index (χ3n) is 4.44. The molecule has 0 saturated carbocycles. The molecule has 3 N–H and O–H groups in total. The molecule has 0 bridgehead atoms. The highest BCUT2D eigenvalue weighted by atomic mass is 32.2. The minimum absolute atomic E-state index is 0.333. The van der Waals surface area contributed by atoms with Crippen LogP contribution in [-0.4, -0.2) is 30.8 Å². The Balaban J connectivity index is 1.95. The van der Waals surface area contributed by atoms with Crippen LogP contribution in [0, 0.1) is 5.92 Å². The fourth-order valence-electron chi connectivity index (χ4n) is 3.02. The normalized spacial score (nSPS) is 18.3. The lowest BCUT2D eigenvalue weighted by atomic mass is 9.96. The van der Waals surface area contributed by atoms with E-state index in [0.717, 1.165) is 24.8 Å². The molecule has 1 aromatic heterocycles. The molecular formula is C15H21N3O2S. The maximum absolute atomic E-state index is 12.8.